The molecule has 2 rings (SSSR count). The Kier molecular flexibility index (Phi) is 3.55. The van der Waals surface area contributed by atoms with Gasteiger partial charge in [-0.2, -0.15) is 4.98 Å². The van der Waals surface area contributed by atoms with Gasteiger partial charge in [-0.25, -0.2) is 13.6 Å². The molecule has 1 saturated heterocycles. The Balaban J connectivity index is 2.36. The predicted octanol–water partition coefficient (Wildman–Crippen LogP) is 0.402. The highest BCUT2D eigenvalue weighted by Crippen LogP contribution is 2.47. The van der Waals surface area contributed by atoms with E-state index in [1.54, 1.807) is 13.3 Å². The summed E-state index contributed by atoms with van der Waals surface area (Å²) in [6.07, 6.45) is -1.83. The van der Waals surface area contributed by atoms with Crippen molar-refractivity contribution in [2.75, 3.05) is 5.73 Å². The molecule has 0 spiro atoms. The average molecular weight is 274 g/mol. The van der Waals surface area contributed by atoms with Crippen LogP contribution in [0, 0.1) is 6.42 Å². The van der Waals surface area contributed by atoms with Crippen molar-refractivity contribution in [1.82, 2.24) is 9.97 Å². The lowest BCUT2D eigenvalue weighted by Gasteiger charge is -2.20. The van der Waals surface area contributed by atoms with Gasteiger partial charge < -0.3 is 20.6 Å². The molecule has 4 N–H and O–H groups in total. The van der Waals surface area contributed by atoms with Crippen LogP contribution in [0.4, 0.5) is 14.6 Å². The van der Waals surface area contributed by atoms with Gasteiger partial charge in [0.15, 0.2) is 6.10 Å². The maximum atomic E-state index is 14.0. The van der Waals surface area contributed by atoms with Gasteiger partial charge in [0.2, 0.25) is 0 Å². The van der Waals surface area contributed by atoms with E-state index in [9.17, 15) is 18.7 Å². The molecule has 19 heavy (non-hydrogen) atoms. The minimum atomic E-state index is -3.50. The SMILES string of the molecule is C[CH]C[C@H]1O[C@H](c2c[nH]c(=O)nc2N)C(F)(F)[C@@H]1O. The lowest BCUT2D eigenvalue weighted by molar-refractivity contribution is -0.113. The Bertz CT molecular complexity index is 520. The zero-order valence-corrected chi connectivity index (χ0v) is 10.1. The summed E-state index contributed by atoms with van der Waals surface area (Å²) in [6.45, 7) is 1.68. The highest BCUT2D eigenvalue weighted by Gasteiger charge is 2.59. The number of anilines is 1. The highest BCUT2D eigenvalue weighted by molar-refractivity contribution is 5.40. The molecule has 8 heteroatoms. The van der Waals surface area contributed by atoms with Crippen molar-refractivity contribution in [2.45, 2.75) is 37.6 Å². The highest BCUT2D eigenvalue weighted by atomic mass is 19.3. The fourth-order valence-electron chi connectivity index (χ4n) is 2.07. The van der Waals surface area contributed by atoms with Gasteiger partial charge >= 0.3 is 11.6 Å². The molecule has 105 valence electrons. The van der Waals surface area contributed by atoms with Crippen LogP contribution in [-0.4, -0.2) is 33.2 Å². The van der Waals surface area contributed by atoms with E-state index in [1.807, 2.05) is 0 Å². The van der Waals surface area contributed by atoms with Gasteiger partial charge in [0.05, 0.1) is 6.10 Å². The predicted molar refractivity (Wildman–Crippen MR) is 62.4 cm³/mol. The number of nitrogen functional groups attached to an aromatic ring is 1. The first-order chi connectivity index (χ1) is 8.87. The van der Waals surface area contributed by atoms with E-state index < -0.39 is 29.9 Å². The number of ether oxygens (including phenoxy) is 1. The van der Waals surface area contributed by atoms with Gasteiger partial charge in [0.25, 0.3) is 0 Å². The number of aliphatic hydroxyl groups is 1. The number of aliphatic hydroxyl groups excluding tert-OH is 1. The maximum absolute atomic E-state index is 14.0. The van der Waals surface area contributed by atoms with Crippen molar-refractivity contribution < 1.29 is 18.6 Å². The fourth-order valence-corrected chi connectivity index (χ4v) is 2.07. The normalized spacial score (nSPS) is 29.6. The first-order valence-corrected chi connectivity index (χ1v) is 5.72. The van der Waals surface area contributed by atoms with Crippen molar-refractivity contribution in [3.8, 4) is 0 Å². The summed E-state index contributed by atoms with van der Waals surface area (Å²) in [5, 5.41) is 9.60. The van der Waals surface area contributed by atoms with E-state index in [2.05, 4.69) is 9.97 Å². The van der Waals surface area contributed by atoms with E-state index in [0.29, 0.717) is 0 Å². The Morgan fingerprint density at radius 2 is 2.37 bits per heavy atom. The zero-order valence-electron chi connectivity index (χ0n) is 10.1. The molecule has 2 heterocycles. The van der Waals surface area contributed by atoms with Crippen molar-refractivity contribution in [3.05, 3.63) is 28.7 Å². The van der Waals surface area contributed by atoms with Crippen molar-refractivity contribution in [3.63, 3.8) is 0 Å². The first kappa shape index (κ1) is 13.9. The minimum absolute atomic E-state index is 0.137. The topological polar surface area (TPSA) is 101 Å². The van der Waals surface area contributed by atoms with Crippen molar-refractivity contribution in [1.29, 1.82) is 0 Å². The van der Waals surface area contributed by atoms with Crippen LogP contribution in [0.25, 0.3) is 0 Å². The number of rotatable bonds is 3. The number of hydrogen-bond acceptors (Lipinski definition) is 5. The molecule has 0 unspecified atom stereocenters. The summed E-state index contributed by atoms with van der Waals surface area (Å²) in [5.74, 6) is -3.83. The number of nitrogens with zero attached hydrogens (tertiary/aromatic N) is 1. The van der Waals surface area contributed by atoms with Crippen LogP contribution in [-0.2, 0) is 4.74 Å². The Morgan fingerprint density at radius 1 is 1.68 bits per heavy atom. The van der Waals surface area contributed by atoms with Crippen LogP contribution < -0.4 is 11.4 Å². The number of alkyl halides is 2. The van der Waals surface area contributed by atoms with Crippen LogP contribution in [0.5, 0.6) is 0 Å². The van der Waals surface area contributed by atoms with Gasteiger partial charge in [0, 0.05) is 11.8 Å². The zero-order chi connectivity index (χ0) is 14.2. The van der Waals surface area contributed by atoms with Gasteiger partial charge in [0.1, 0.15) is 11.9 Å². The molecule has 0 bridgehead atoms. The third kappa shape index (κ3) is 2.33. The molecular formula is C11H14F2N3O3. The molecule has 0 aromatic carbocycles. The summed E-state index contributed by atoms with van der Waals surface area (Å²) in [6, 6.07) is 0. The van der Waals surface area contributed by atoms with Gasteiger partial charge in [-0.05, 0) is 12.8 Å². The monoisotopic (exact) mass is 274 g/mol. The quantitative estimate of drug-likeness (QED) is 0.740. The second-order valence-electron chi connectivity index (χ2n) is 4.36. The maximum Gasteiger partial charge on any atom is 0.346 e. The number of H-pyrrole nitrogens is 1. The molecule has 6 nitrogen and oxygen atoms in total. The van der Waals surface area contributed by atoms with Gasteiger partial charge in [-0.15, -0.1) is 0 Å². The summed E-state index contributed by atoms with van der Waals surface area (Å²) < 4.78 is 33.1. The number of halogens is 2. The lowest BCUT2D eigenvalue weighted by Crippen LogP contribution is -2.37. The summed E-state index contributed by atoms with van der Waals surface area (Å²) in [4.78, 5) is 16.4. The van der Waals surface area contributed by atoms with Crippen molar-refractivity contribution in [2.24, 2.45) is 0 Å². The molecule has 1 radical (unpaired) electrons. The van der Waals surface area contributed by atoms with Crippen LogP contribution >= 0.6 is 0 Å². The van der Waals surface area contributed by atoms with Crippen LogP contribution in [0.2, 0.25) is 0 Å². The molecule has 1 aromatic heterocycles. The molecule has 0 saturated carbocycles. The van der Waals surface area contributed by atoms with Gasteiger partial charge in [-0.3, -0.25) is 0 Å². The minimum Gasteiger partial charge on any atom is -0.384 e. The Hall–Kier alpha value is -1.54. The van der Waals surface area contributed by atoms with E-state index in [-0.39, 0.29) is 17.8 Å². The number of aromatic amines is 1. The molecule has 3 atom stereocenters. The third-order valence-corrected chi connectivity index (χ3v) is 3.03. The Labute approximate surface area is 107 Å². The van der Waals surface area contributed by atoms with E-state index in [0.717, 1.165) is 6.20 Å². The molecule has 0 amide bonds. The molecule has 1 aromatic rings. The Morgan fingerprint density at radius 3 is 2.95 bits per heavy atom. The molecule has 1 aliphatic heterocycles. The molecule has 1 fully saturated rings. The van der Waals surface area contributed by atoms with Crippen LogP contribution in [0.15, 0.2) is 11.0 Å². The van der Waals surface area contributed by atoms with Crippen LogP contribution in [0.1, 0.15) is 25.0 Å². The lowest BCUT2D eigenvalue weighted by atomic mass is 10.0. The smallest absolute Gasteiger partial charge is 0.346 e. The number of aromatic nitrogens is 2. The molecular weight excluding hydrogens is 260 g/mol. The summed E-state index contributed by atoms with van der Waals surface area (Å²) in [5.41, 5.74) is 4.58. The number of nitrogens with two attached hydrogens (primary N) is 1. The second kappa shape index (κ2) is 4.86. The van der Waals surface area contributed by atoms with Crippen molar-refractivity contribution >= 4 is 5.82 Å². The largest absolute Gasteiger partial charge is 0.384 e. The average Bonchev–Trinajstić information content (AvgIpc) is 2.54. The second-order valence-corrected chi connectivity index (χ2v) is 4.36. The molecule has 0 aliphatic carbocycles. The number of hydrogen-bond donors (Lipinski definition) is 3. The van der Waals surface area contributed by atoms with Gasteiger partial charge in [-0.1, -0.05) is 6.92 Å². The number of nitrogens with one attached hydrogen (secondary N) is 1. The fraction of sp³-hybridized carbons (Fsp3) is 0.545. The van der Waals surface area contributed by atoms with E-state index >= 15 is 0 Å². The first-order valence-electron chi connectivity index (χ1n) is 5.72. The van der Waals surface area contributed by atoms with E-state index in [1.165, 1.54) is 0 Å². The van der Waals surface area contributed by atoms with E-state index in [4.69, 9.17) is 10.5 Å². The standard InChI is InChI=1S/C11H14F2N3O3/c1-2-3-6-7(17)11(12,13)8(19-6)5-4-15-10(18)16-9(5)14/h2,4,6-8,17H,3H2,1H3,(H3,14,15,16,18)/t6-,7-,8-/m1/s1. The third-order valence-electron chi connectivity index (χ3n) is 3.03. The van der Waals surface area contributed by atoms with Crippen LogP contribution in [0.3, 0.4) is 0 Å². The summed E-state index contributed by atoms with van der Waals surface area (Å²) >= 11 is 0. The molecule has 1 aliphatic rings. The summed E-state index contributed by atoms with van der Waals surface area (Å²) in [7, 11) is 0.